The fourth-order valence-corrected chi connectivity index (χ4v) is 1.33. The molecule has 0 amide bonds. The van der Waals surface area contributed by atoms with E-state index in [4.69, 9.17) is 5.73 Å². The highest BCUT2D eigenvalue weighted by Gasteiger charge is 2.08. The van der Waals surface area contributed by atoms with Crippen molar-refractivity contribution in [2.24, 2.45) is 5.73 Å². The summed E-state index contributed by atoms with van der Waals surface area (Å²) in [6.07, 6.45) is 4.02. The van der Waals surface area contributed by atoms with Crippen LogP contribution in [0, 0.1) is 0 Å². The topological polar surface area (TPSA) is 58.9 Å². The number of hydrogen-bond donors (Lipinski definition) is 2. The van der Waals surface area contributed by atoms with Crippen molar-refractivity contribution in [3.05, 3.63) is 32.7 Å². The highest BCUT2D eigenvalue weighted by Crippen LogP contribution is 2.10. The molecule has 1 unspecified atom stereocenters. The molecule has 0 aliphatic heterocycles. The van der Waals surface area contributed by atoms with Crippen molar-refractivity contribution in [2.45, 2.75) is 19.4 Å². The van der Waals surface area contributed by atoms with Crippen LogP contribution in [0.25, 0.3) is 0 Å². The molecule has 0 aliphatic rings. The van der Waals surface area contributed by atoms with Gasteiger partial charge in [-0.3, -0.25) is 4.79 Å². The summed E-state index contributed by atoms with van der Waals surface area (Å²) in [6, 6.07) is -0.175. The number of pyridine rings is 1. The summed E-state index contributed by atoms with van der Waals surface area (Å²) in [4.78, 5) is 14.3. The Morgan fingerprint density at radius 1 is 1.67 bits per heavy atom. The highest BCUT2D eigenvalue weighted by molar-refractivity contribution is 9.10. The molecule has 3 nitrogen and oxygen atoms in total. The summed E-state index contributed by atoms with van der Waals surface area (Å²) in [5.74, 6) is 0. The van der Waals surface area contributed by atoms with Gasteiger partial charge in [0, 0.05) is 24.0 Å². The Morgan fingerprint density at radius 2 is 2.33 bits per heavy atom. The van der Waals surface area contributed by atoms with Crippen LogP contribution >= 0.6 is 15.9 Å². The lowest BCUT2D eigenvalue weighted by Crippen LogP contribution is -2.19. The largest absolute Gasteiger partial charge is 0.366 e. The maximum atomic E-state index is 11.4. The Bertz CT molecular complexity index is 321. The maximum Gasteiger partial charge on any atom is 0.200 e. The summed E-state index contributed by atoms with van der Waals surface area (Å²) >= 11 is 3.14. The first-order valence-electron chi connectivity index (χ1n) is 3.79. The van der Waals surface area contributed by atoms with Gasteiger partial charge in [0.25, 0.3) is 0 Å². The first-order valence-corrected chi connectivity index (χ1v) is 4.58. The van der Waals surface area contributed by atoms with Crippen molar-refractivity contribution in [2.75, 3.05) is 0 Å². The van der Waals surface area contributed by atoms with E-state index in [1.54, 1.807) is 12.4 Å². The second-order valence-electron chi connectivity index (χ2n) is 2.60. The third kappa shape index (κ3) is 1.76. The van der Waals surface area contributed by atoms with Crippen LogP contribution < -0.4 is 11.2 Å². The van der Waals surface area contributed by atoms with Gasteiger partial charge >= 0.3 is 0 Å². The number of aromatic nitrogens is 1. The lowest BCUT2D eigenvalue weighted by Gasteiger charge is -2.07. The van der Waals surface area contributed by atoms with Gasteiger partial charge in [-0.1, -0.05) is 6.92 Å². The van der Waals surface area contributed by atoms with Crippen LogP contribution in [0.3, 0.4) is 0 Å². The summed E-state index contributed by atoms with van der Waals surface area (Å²) in [6.45, 7) is 1.95. The first kappa shape index (κ1) is 9.48. The molecular formula is C8H11BrN2O. The number of rotatable bonds is 2. The minimum Gasteiger partial charge on any atom is -0.366 e. The fraction of sp³-hybridized carbons (Fsp3) is 0.375. The molecule has 4 heteroatoms. The Kier molecular flexibility index (Phi) is 3.05. The second-order valence-corrected chi connectivity index (χ2v) is 3.46. The van der Waals surface area contributed by atoms with Crippen LogP contribution in [-0.2, 0) is 0 Å². The highest BCUT2D eigenvalue weighted by atomic mass is 79.9. The molecule has 3 N–H and O–H groups in total. The first-order chi connectivity index (χ1) is 5.66. The van der Waals surface area contributed by atoms with Crippen LogP contribution in [0.4, 0.5) is 0 Å². The number of hydrogen-bond acceptors (Lipinski definition) is 2. The molecule has 0 spiro atoms. The molecule has 1 aromatic rings. The normalized spacial score (nSPS) is 12.9. The van der Waals surface area contributed by atoms with E-state index in [-0.39, 0.29) is 11.5 Å². The average molecular weight is 231 g/mol. The molecule has 12 heavy (non-hydrogen) atoms. The predicted molar refractivity (Wildman–Crippen MR) is 52.0 cm³/mol. The van der Waals surface area contributed by atoms with E-state index >= 15 is 0 Å². The second kappa shape index (κ2) is 3.87. The predicted octanol–water partition coefficient (Wildman–Crippen LogP) is 1.55. The molecule has 0 saturated heterocycles. The van der Waals surface area contributed by atoms with E-state index in [0.717, 1.165) is 6.42 Å². The number of nitrogens with one attached hydrogen (secondary N) is 1. The summed E-state index contributed by atoms with van der Waals surface area (Å²) in [7, 11) is 0. The Hall–Kier alpha value is -0.610. The lowest BCUT2D eigenvalue weighted by atomic mass is 10.1. The van der Waals surface area contributed by atoms with E-state index in [1.165, 1.54) is 0 Å². The Morgan fingerprint density at radius 3 is 2.92 bits per heavy atom. The number of H-pyrrole nitrogens is 1. The SMILES string of the molecule is CCC(N)c1c[nH]cc(Br)c1=O. The van der Waals surface area contributed by atoms with Gasteiger partial charge in [0.15, 0.2) is 5.43 Å². The number of nitrogens with two attached hydrogens (primary N) is 1. The van der Waals surface area contributed by atoms with Crippen molar-refractivity contribution in [3.63, 3.8) is 0 Å². The Balaban J connectivity index is 3.17. The third-order valence-electron chi connectivity index (χ3n) is 1.77. The van der Waals surface area contributed by atoms with Gasteiger partial charge in [-0.2, -0.15) is 0 Å². The maximum absolute atomic E-state index is 11.4. The van der Waals surface area contributed by atoms with Crippen LogP contribution in [-0.4, -0.2) is 4.98 Å². The number of aromatic amines is 1. The van der Waals surface area contributed by atoms with Crippen molar-refractivity contribution < 1.29 is 0 Å². The van der Waals surface area contributed by atoms with Gasteiger partial charge in [0.2, 0.25) is 0 Å². The molecule has 1 heterocycles. The van der Waals surface area contributed by atoms with E-state index in [0.29, 0.717) is 10.0 Å². The van der Waals surface area contributed by atoms with Crippen LogP contribution in [0.2, 0.25) is 0 Å². The van der Waals surface area contributed by atoms with Crippen molar-refractivity contribution in [1.29, 1.82) is 0 Å². The van der Waals surface area contributed by atoms with Crippen LogP contribution in [0.15, 0.2) is 21.7 Å². The summed E-state index contributed by atoms with van der Waals surface area (Å²) < 4.78 is 0.531. The number of halogens is 1. The molecule has 0 saturated carbocycles. The standard InChI is InChI=1S/C8H11BrN2O/c1-2-7(10)5-3-11-4-6(9)8(5)12/h3-4,7H,2,10H2,1H3,(H,11,12). The molecule has 1 aromatic heterocycles. The van der Waals surface area contributed by atoms with Crippen molar-refractivity contribution >= 4 is 15.9 Å². The fourth-order valence-electron chi connectivity index (χ4n) is 0.969. The quantitative estimate of drug-likeness (QED) is 0.811. The molecule has 0 fully saturated rings. The van der Waals surface area contributed by atoms with Crippen molar-refractivity contribution in [3.8, 4) is 0 Å². The minimum absolute atomic E-state index is 0.0249. The van der Waals surface area contributed by atoms with Gasteiger partial charge in [0.05, 0.1) is 4.47 Å². The smallest absolute Gasteiger partial charge is 0.200 e. The van der Waals surface area contributed by atoms with Gasteiger partial charge in [-0.25, -0.2) is 0 Å². The molecule has 66 valence electrons. The van der Waals surface area contributed by atoms with Gasteiger partial charge in [0.1, 0.15) is 0 Å². The minimum atomic E-state index is -0.175. The third-order valence-corrected chi connectivity index (χ3v) is 2.36. The van der Waals surface area contributed by atoms with Crippen molar-refractivity contribution in [1.82, 2.24) is 4.98 Å². The summed E-state index contributed by atoms with van der Waals surface area (Å²) in [5.41, 5.74) is 6.33. The van der Waals surface area contributed by atoms with E-state index < -0.39 is 0 Å². The van der Waals surface area contributed by atoms with Gasteiger partial charge in [-0.15, -0.1) is 0 Å². The average Bonchev–Trinajstić information content (AvgIpc) is 2.08. The zero-order chi connectivity index (χ0) is 9.14. The molecule has 1 atom stereocenters. The summed E-state index contributed by atoms with van der Waals surface area (Å²) in [5, 5.41) is 0. The van der Waals surface area contributed by atoms with E-state index in [1.807, 2.05) is 6.92 Å². The molecular weight excluding hydrogens is 220 g/mol. The molecule has 0 radical (unpaired) electrons. The van der Waals surface area contributed by atoms with E-state index in [9.17, 15) is 4.79 Å². The zero-order valence-corrected chi connectivity index (χ0v) is 8.39. The monoisotopic (exact) mass is 230 g/mol. The van der Waals surface area contributed by atoms with Crippen LogP contribution in [0.1, 0.15) is 24.9 Å². The molecule has 1 rings (SSSR count). The molecule has 0 bridgehead atoms. The van der Waals surface area contributed by atoms with Gasteiger partial charge < -0.3 is 10.7 Å². The lowest BCUT2D eigenvalue weighted by molar-refractivity contribution is 0.689. The Labute approximate surface area is 79.1 Å². The van der Waals surface area contributed by atoms with Crippen LogP contribution in [0.5, 0.6) is 0 Å². The van der Waals surface area contributed by atoms with Gasteiger partial charge in [-0.05, 0) is 22.4 Å². The molecule has 0 aliphatic carbocycles. The zero-order valence-electron chi connectivity index (χ0n) is 6.80. The van der Waals surface area contributed by atoms with E-state index in [2.05, 4.69) is 20.9 Å². The molecule has 0 aromatic carbocycles.